The third-order valence-corrected chi connectivity index (χ3v) is 6.10. The number of hydrogen-bond donors (Lipinski definition) is 3. The van der Waals surface area contributed by atoms with Crippen LogP contribution in [0.25, 0.3) is 10.6 Å². The van der Waals surface area contributed by atoms with Crippen molar-refractivity contribution in [2.75, 3.05) is 12.4 Å². The Morgan fingerprint density at radius 2 is 1.78 bits per heavy atom. The summed E-state index contributed by atoms with van der Waals surface area (Å²) in [6.07, 6.45) is 0.944. The normalized spacial score (nSPS) is 12.9. The number of anilines is 1. The smallest absolute Gasteiger partial charge is 0.299 e. The Bertz CT molecular complexity index is 1210. The number of aliphatic imine (C=N–C) groups is 1. The molecule has 1 heterocycles. The summed E-state index contributed by atoms with van der Waals surface area (Å²) in [6.45, 7) is 7.99. The molecule has 0 aliphatic heterocycles. The van der Waals surface area contributed by atoms with Crippen LogP contribution in [0.1, 0.15) is 55.4 Å². The zero-order chi connectivity index (χ0) is 27.1. The van der Waals surface area contributed by atoms with Gasteiger partial charge in [0.05, 0.1) is 11.6 Å². The van der Waals surface area contributed by atoms with Crippen molar-refractivity contribution in [3.63, 3.8) is 0 Å². The second kappa shape index (κ2) is 12.0. The Morgan fingerprint density at radius 1 is 1.17 bits per heavy atom. The molecule has 7 nitrogen and oxygen atoms in total. The van der Waals surface area contributed by atoms with Gasteiger partial charge < -0.3 is 15.8 Å². The van der Waals surface area contributed by atoms with E-state index in [1.807, 2.05) is 56.3 Å². The minimum Gasteiger partial charge on any atom is -0.386 e. The van der Waals surface area contributed by atoms with Gasteiger partial charge in [0.1, 0.15) is 10.0 Å². The summed E-state index contributed by atoms with van der Waals surface area (Å²) in [5.41, 5.74) is 4.47. The first-order valence-electron chi connectivity index (χ1n) is 11.1. The monoisotopic (exact) mass is 515 g/mol. The predicted molar refractivity (Wildman–Crippen MR) is 142 cm³/mol. The number of carbonyl (C=O) groups excluding carboxylic acids is 1. The molecule has 0 radical (unpaired) electrons. The standard InChI is InChI=1S/C23H27N5OS.C3H4F2O/c1-14(25-5)21(16-6-9-19(10-7-16)23(3,4)29)26-20-11-8-17(12-18(20)13-24)22-28-27-15(2)30-22;1-3(4,5)2-6/h6-13,21,24,26,29H,1-5H3;2H,1H3. The van der Waals surface area contributed by atoms with Crippen molar-refractivity contribution >= 4 is 35.2 Å². The summed E-state index contributed by atoms with van der Waals surface area (Å²) in [5.74, 6) is -3.14. The van der Waals surface area contributed by atoms with Gasteiger partial charge in [-0.2, -0.15) is 8.78 Å². The molecule has 0 aliphatic carbocycles. The van der Waals surface area contributed by atoms with Gasteiger partial charge in [0, 0.05) is 42.7 Å². The van der Waals surface area contributed by atoms with Crippen LogP contribution in [0.15, 0.2) is 47.5 Å². The topological polar surface area (TPSA) is 111 Å². The fourth-order valence-corrected chi connectivity index (χ4v) is 3.84. The summed E-state index contributed by atoms with van der Waals surface area (Å²) in [6, 6.07) is 13.6. The molecule has 192 valence electrons. The van der Waals surface area contributed by atoms with Gasteiger partial charge in [-0.15, -0.1) is 10.2 Å². The molecule has 10 heteroatoms. The molecule has 0 saturated heterocycles. The first kappa shape index (κ1) is 28.9. The summed E-state index contributed by atoms with van der Waals surface area (Å²) < 4.78 is 22.2. The van der Waals surface area contributed by atoms with Crippen LogP contribution in [0.5, 0.6) is 0 Å². The average Bonchev–Trinajstić information content (AvgIpc) is 3.27. The maximum atomic E-state index is 11.1. The quantitative estimate of drug-likeness (QED) is 0.258. The van der Waals surface area contributed by atoms with Gasteiger partial charge in [-0.1, -0.05) is 35.6 Å². The van der Waals surface area contributed by atoms with Crippen LogP contribution in [-0.4, -0.2) is 46.5 Å². The predicted octanol–water partition coefficient (Wildman–Crippen LogP) is 5.82. The van der Waals surface area contributed by atoms with Gasteiger partial charge in [0.2, 0.25) is 0 Å². The Balaban J connectivity index is 0.000000678. The van der Waals surface area contributed by atoms with Gasteiger partial charge >= 0.3 is 0 Å². The van der Waals surface area contributed by atoms with E-state index in [0.29, 0.717) is 6.92 Å². The van der Waals surface area contributed by atoms with Gasteiger partial charge in [-0.25, -0.2) is 0 Å². The fourth-order valence-electron chi connectivity index (χ4n) is 3.16. The summed E-state index contributed by atoms with van der Waals surface area (Å²) in [4.78, 5) is 13.5. The second-order valence-corrected chi connectivity index (χ2v) is 9.95. The first-order valence-corrected chi connectivity index (χ1v) is 11.9. The number of alkyl halides is 2. The Kier molecular flexibility index (Phi) is 9.66. The third kappa shape index (κ3) is 8.10. The number of hydrogen-bond acceptors (Lipinski definition) is 8. The number of carbonyl (C=O) groups is 1. The van der Waals surface area contributed by atoms with E-state index in [1.54, 1.807) is 20.9 Å². The molecule has 3 N–H and O–H groups in total. The number of rotatable bonds is 8. The molecule has 3 aromatic rings. The highest BCUT2D eigenvalue weighted by atomic mass is 32.1. The van der Waals surface area contributed by atoms with Gasteiger partial charge in [0.15, 0.2) is 6.29 Å². The van der Waals surface area contributed by atoms with Crippen LogP contribution in [0.3, 0.4) is 0 Å². The molecule has 3 rings (SSSR count). The summed E-state index contributed by atoms with van der Waals surface area (Å²) >= 11 is 1.53. The lowest BCUT2D eigenvalue weighted by molar-refractivity contribution is -0.126. The van der Waals surface area contributed by atoms with Crippen molar-refractivity contribution in [3.05, 3.63) is 64.2 Å². The Labute approximate surface area is 213 Å². The molecular formula is C26H31F2N5O2S. The molecular weight excluding hydrogens is 484 g/mol. The minimum absolute atomic E-state index is 0.154. The number of aliphatic hydroxyl groups is 1. The van der Waals surface area contributed by atoms with Crippen LogP contribution in [0.4, 0.5) is 14.5 Å². The summed E-state index contributed by atoms with van der Waals surface area (Å²) in [7, 11) is 1.77. The molecule has 1 atom stereocenters. The van der Waals surface area contributed by atoms with Crippen LogP contribution >= 0.6 is 11.3 Å². The Hall–Kier alpha value is -3.37. The van der Waals surface area contributed by atoms with Crippen molar-refractivity contribution in [2.45, 2.75) is 52.2 Å². The van der Waals surface area contributed by atoms with Crippen LogP contribution in [-0.2, 0) is 10.4 Å². The third-order valence-electron chi connectivity index (χ3n) is 5.21. The van der Waals surface area contributed by atoms with Crippen molar-refractivity contribution in [1.82, 2.24) is 10.2 Å². The SMILES string of the molecule is CC(F)(F)C=O.CN=C(C)C(Nc1ccc(-c2nnc(C)s2)cc1C=N)c1ccc(C(C)(C)O)cc1. The van der Waals surface area contributed by atoms with Gasteiger partial charge in [-0.3, -0.25) is 9.79 Å². The highest BCUT2D eigenvalue weighted by molar-refractivity contribution is 7.14. The fraction of sp³-hybridized carbons (Fsp3) is 0.346. The number of aldehydes is 1. The van der Waals surface area contributed by atoms with E-state index in [4.69, 9.17) is 10.2 Å². The van der Waals surface area contributed by atoms with Gasteiger partial charge in [-0.05, 0) is 57.0 Å². The number of benzene rings is 2. The molecule has 0 amide bonds. The van der Waals surface area contributed by atoms with E-state index in [0.717, 1.165) is 43.7 Å². The van der Waals surface area contributed by atoms with E-state index in [2.05, 4.69) is 20.5 Å². The molecule has 0 fully saturated rings. The maximum absolute atomic E-state index is 11.1. The van der Waals surface area contributed by atoms with Crippen LogP contribution < -0.4 is 5.32 Å². The first-order chi connectivity index (χ1) is 16.8. The number of aryl methyl sites for hydroxylation is 1. The molecule has 1 aromatic heterocycles. The number of nitrogens with zero attached hydrogens (tertiary/aromatic N) is 3. The van der Waals surface area contributed by atoms with E-state index in [1.165, 1.54) is 17.6 Å². The van der Waals surface area contributed by atoms with Crippen molar-refractivity contribution in [3.8, 4) is 10.6 Å². The number of nitrogens with one attached hydrogen (secondary N) is 2. The molecule has 0 bridgehead atoms. The molecule has 36 heavy (non-hydrogen) atoms. The molecule has 0 aliphatic rings. The summed E-state index contributed by atoms with van der Waals surface area (Å²) in [5, 5.41) is 31.7. The lowest BCUT2D eigenvalue weighted by Crippen LogP contribution is -2.20. The van der Waals surface area contributed by atoms with Gasteiger partial charge in [0.25, 0.3) is 5.92 Å². The number of halogens is 2. The Morgan fingerprint density at radius 3 is 2.22 bits per heavy atom. The lowest BCUT2D eigenvalue weighted by Gasteiger charge is -2.23. The van der Waals surface area contributed by atoms with Crippen molar-refractivity contribution < 1.29 is 18.7 Å². The van der Waals surface area contributed by atoms with Crippen LogP contribution in [0.2, 0.25) is 0 Å². The van der Waals surface area contributed by atoms with Crippen LogP contribution in [0, 0.1) is 12.3 Å². The zero-order valence-corrected chi connectivity index (χ0v) is 22.0. The zero-order valence-electron chi connectivity index (χ0n) is 21.1. The molecule has 2 aromatic carbocycles. The van der Waals surface area contributed by atoms with Crippen molar-refractivity contribution in [1.29, 1.82) is 5.41 Å². The minimum atomic E-state index is -3.14. The second-order valence-electron chi connectivity index (χ2n) is 8.77. The van der Waals surface area contributed by atoms with E-state index in [9.17, 15) is 13.9 Å². The molecule has 0 spiro atoms. The van der Waals surface area contributed by atoms with E-state index in [-0.39, 0.29) is 6.04 Å². The lowest BCUT2D eigenvalue weighted by atomic mass is 9.94. The van der Waals surface area contributed by atoms with Crippen molar-refractivity contribution in [2.24, 2.45) is 4.99 Å². The average molecular weight is 516 g/mol. The molecule has 1 unspecified atom stereocenters. The molecule has 0 saturated carbocycles. The number of aromatic nitrogens is 2. The largest absolute Gasteiger partial charge is 0.386 e. The maximum Gasteiger partial charge on any atom is 0.299 e. The van der Waals surface area contributed by atoms with E-state index >= 15 is 0 Å². The van der Waals surface area contributed by atoms with E-state index < -0.39 is 17.8 Å². The highest BCUT2D eigenvalue weighted by Gasteiger charge is 2.20. The highest BCUT2D eigenvalue weighted by Crippen LogP contribution is 2.30.